The zero-order valence-corrected chi connectivity index (χ0v) is 18.8. The van der Waals surface area contributed by atoms with Gasteiger partial charge in [-0.15, -0.1) is 0 Å². The molecule has 2 unspecified atom stereocenters. The molecule has 216 valence electrons. The lowest BCUT2D eigenvalue weighted by Gasteiger charge is -2.22. The molecule has 2 aliphatic heterocycles. The van der Waals surface area contributed by atoms with Gasteiger partial charge in [0.1, 0.15) is 67.1 Å². The van der Waals surface area contributed by atoms with Crippen LogP contribution in [0.5, 0.6) is 0 Å². The highest BCUT2D eigenvalue weighted by Gasteiger charge is 2.52. The average Bonchev–Trinajstić information content (AvgIpc) is 3.28. The van der Waals surface area contributed by atoms with E-state index in [-0.39, 0.29) is 6.29 Å². The number of carbonyl (C=O) groups excluding carboxylic acids is 1. The summed E-state index contributed by atoms with van der Waals surface area (Å²) in [5.41, 5.74) is 0. The van der Waals surface area contributed by atoms with E-state index in [0.29, 0.717) is 0 Å². The minimum atomic E-state index is -2.16. The fraction of sp³-hybridized carbons (Fsp3) is 0.944. The molecule has 2 aliphatic rings. The summed E-state index contributed by atoms with van der Waals surface area (Å²) in [4.78, 5) is 9.90. The second-order valence-corrected chi connectivity index (χ2v) is 7.86. The van der Waals surface area contributed by atoms with E-state index in [0.717, 1.165) is 0 Å². The van der Waals surface area contributed by atoms with Gasteiger partial charge in [-0.05, 0) is 0 Å². The van der Waals surface area contributed by atoms with Crippen LogP contribution in [-0.2, 0) is 14.3 Å². The molecule has 0 aromatic heterocycles. The number of aliphatic hydroxyl groups is 15. The van der Waals surface area contributed by atoms with E-state index in [4.69, 9.17) is 71.5 Å². The fourth-order valence-corrected chi connectivity index (χ4v) is 2.87. The van der Waals surface area contributed by atoms with Crippen LogP contribution in [0.1, 0.15) is 0 Å². The Morgan fingerprint density at radius 2 is 1.36 bits per heavy atom. The van der Waals surface area contributed by atoms with Crippen LogP contribution in [0.3, 0.4) is 0 Å². The normalized spacial score (nSPS) is 38.0. The predicted octanol–water partition coefficient (Wildman–Crippen LogP) is -9.82. The van der Waals surface area contributed by atoms with E-state index < -0.39 is 106 Å². The van der Waals surface area contributed by atoms with Crippen molar-refractivity contribution >= 4 is 6.29 Å². The van der Waals surface area contributed by atoms with Crippen molar-refractivity contribution in [3.63, 3.8) is 0 Å². The lowest BCUT2D eigenvalue weighted by atomic mass is 10.0. The molecule has 2 rings (SSSR count). The van der Waals surface area contributed by atoms with Crippen LogP contribution in [0.4, 0.5) is 0 Å². The molecule has 0 bridgehead atoms. The highest BCUT2D eigenvalue weighted by molar-refractivity contribution is 5.56. The maximum Gasteiger partial charge on any atom is 0.219 e. The van der Waals surface area contributed by atoms with Gasteiger partial charge < -0.3 is 90.9 Å². The largest absolute Gasteiger partial charge is 0.394 e. The second kappa shape index (κ2) is 16.1. The molecule has 0 aromatic rings. The summed E-state index contributed by atoms with van der Waals surface area (Å²) in [6.07, 6.45) is -17.6. The topological polar surface area (TPSA) is 339 Å². The zero-order valence-electron chi connectivity index (χ0n) is 18.8. The van der Waals surface area contributed by atoms with Crippen LogP contribution >= 0.6 is 0 Å². The third-order valence-electron chi connectivity index (χ3n) is 5.19. The number of ether oxygens (including phenoxy) is 2. The molecule has 15 N–H and O–H groups in total. The molecule has 0 amide bonds. The summed E-state index contributed by atoms with van der Waals surface area (Å²) < 4.78 is 9.21. The molecule has 0 aliphatic carbocycles. The predicted molar refractivity (Wildman–Crippen MR) is 109 cm³/mol. The summed E-state index contributed by atoms with van der Waals surface area (Å²) in [6, 6.07) is 0. The Labute approximate surface area is 203 Å². The summed E-state index contributed by atoms with van der Waals surface area (Å²) in [7, 11) is 0. The molecule has 0 aromatic carbocycles. The van der Waals surface area contributed by atoms with E-state index in [2.05, 4.69) is 9.47 Å². The molecular formula is C18H36O18. The van der Waals surface area contributed by atoms with Gasteiger partial charge in [-0.3, -0.25) is 0 Å². The molecule has 2 saturated heterocycles. The Bertz CT molecular complexity index is 613. The molecule has 0 saturated carbocycles. The van der Waals surface area contributed by atoms with Gasteiger partial charge in [0.25, 0.3) is 0 Å². The third kappa shape index (κ3) is 9.08. The monoisotopic (exact) mass is 540 g/mol. The lowest BCUT2D eigenvalue weighted by Crippen LogP contribution is -2.46. The molecule has 2 fully saturated rings. The van der Waals surface area contributed by atoms with Crippen molar-refractivity contribution in [2.45, 2.75) is 79.2 Å². The Balaban J connectivity index is 0.000000510. The highest BCUT2D eigenvalue weighted by Crippen LogP contribution is 2.28. The van der Waals surface area contributed by atoms with Gasteiger partial charge in [0, 0.05) is 0 Å². The number of rotatable bonds is 9. The number of hydrogen-bond donors (Lipinski definition) is 15. The van der Waals surface area contributed by atoms with Crippen molar-refractivity contribution in [3.8, 4) is 0 Å². The summed E-state index contributed by atoms with van der Waals surface area (Å²) in [6.45, 7) is -2.72. The fourth-order valence-electron chi connectivity index (χ4n) is 2.87. The van der Waals surface area contributed by atoms with Crippen molar-refractivity contribution < 1.29 is 90.9 Å². The van der Waals surface area contributed by atoms with E-state index in [9.17, 15) is 9.90 Å². The van der Waals surface area contributed by atoms with E-state index >= 15 is 0 Å². The first-order valence-corrected chi connectivity index (χ1v) is 10.4. The maximum atomic E-state index is 9.90. The minimum absolute atomic E-state index is 0.0258. The van der Waals surface area contributed by atoms with Gasteiger partial charge in [-0.2, -0.15) is 0 Å². The molecule has 13 atom stereocenters. The number of aldehydes is 1. The van der Waals surface area contributed by atoms with Gasteiger partial charge in [-0.1, -0.05) is 0 Å². The molecule has 2 heterocycles. The smallest absolute Gasteiger partial charge is 0.219 e. The van der Waals surface area contributed by atoms with Crippen molar-refractivity contribution in [1.82, 2.24) is 0 Å². The zero-order chi connectivity index (χ0) is 28.4. The molecular weight excluding hydrogens is 504 g/mol. The number of hydrogen-bond acceptors (Lipinski definition) is 18. The quantitative estimate of drug-likeness (QED) is 0.121. The third-order valence-corrected chi connectivity index (χ3v) is 5.19. The first-order chi connectivity index (χ1) is 16.7. The first-order valence-electron chi connectivity index (χ1n) is 10.4. The number of aliphatic hydroxyl groups excluding tert-OH is 14. The maximum absolute atomic E-state index is 9.90. The van der Waals surface area contributed by atoms with Crippen LogP contribution in [0, 0.1) is 0 Å². The molecule has 0 spiro atoms. The van der Waals surface area contributed by atoms with Crippen LogP contribution in [0.25, 0.3) is 0 Å². The Morgan fingerprint density at radius 3 is 1.67 bits per heavy atom. The van der Waals surface area contributed by atoms with Crippen LogP contribution in [0.15, 0.2) is 0 Å². The van der Waals surface area contributed by atoms with Gasteiger partial charge in [0.2, 0.25) is 5.79 Å². The summed E-state index contributed by atoms with van der Waals surface area (Å²) in [5.74, 6) is -2.16. The van der Waals surface area contributed by atoms with E-state index in [1.807, 2.05) is 0 Å². The lowest BCUT2D eigenvalue weighted by molar-refractivity contribution is -0.248. The van der Waals surface area contributed by atoms with Crippen molar-refractivity contribution in [3.05, 3.63) is 0 Å². The van der Waals surface area contributed by atoms with Crippen LogP contribution in [0.2, 0.25) is 0 Å². The Hall–Kier alpha value is -1.01. The summed E-state index contributed by atoms with van der Waals surface area (Å²) >= 11 is 0. The standard InChI is InChI=1S/3C6H12O6/c7-1-3-4(9)5(10)6(11,2-8)12-3;7-1-2(8)5-3(9)4(10)6(11)12-5;7-1-3(9)5(11)6(12)4(10)2-8/h3-5,7-11H,1-2H2;2-11H,1H2;1,3-6,8-12H,2H2/t3-,4-,5+,6?;2-,3-,4-,5-,6?;3-,4+,5+,6+/m110/s1. The van der Waals surface area contributed by atoms with Crippen molar-refractivity contribution in [1.29, 1.82) is 0 Å². The molecule has 0 radical (unpaired) electrons. The van der Waals surface area contributed by atoms with Gasteiger partial charge in [0.15, 0.2) is 12.6 Å². The van der Waals surface area contributed by atoms with Crippen LogP contribution < -0.4 is 0 Å². The van der Waals surface area contributed by atoms with E-state index in [1.54, 1.807) is 0 Å². The van der Waals surface area contributed by atoms with Gasteiger partial charge in [-0.25, -0.2) is 0 Å². The first kappa shape index (κ1) is 35.0. The second-order valence-electron chi connectivity index (χ2n) is 7.86. The Morgan fingerprint density at radius 1 is 0.806 bits per heavy atom. The molecule has 18 nitrogen and oxygen atoms in total. The van der Waals surface area contributed by atoms with Crippen molar-refractivity contribution in [2.75, 3.05) is 26.4 Å². The Kier molecular flexibility index (Phi) is 15.6. The average molecular weight is 540 g/mol. The highest BCUT2D eigenvalue weighted by atomic mass is 16.7. The number of carbonyl (C=O) groups is 1. The minimum Gasteiger partial charge on any atom is -0.394 e. The van der Waals surface area contributed by atoms with Crippen molar-refractivity contribution in [2.24, 2.45) is 0 Å². The van der Waals surface area contributed by atoms with Crippen LogP contribution in [-0.4, -0.2) is 189 Å². The SMILES string of the molecule is O=C[C@H](O)[C@@H](O)[C@H](O)[C@H](O)CO.OC[C@@H](O)[C@H]1OC(O)[C@H](O)[C@H]1O.OC[C@H]1OC(O)(CO)[C@@H](O)[C@@H]1O. The van der Waals surface area contributed by atoms with Gasteiger partial charge in [0.05, 0.1) is 26.4 Å². The summed E-state index contributed by atoms with van der Waals surface area (Å²) in [5, 5.41) is 133. The molecule has 36 heavy (non-hydrogen) atoms. The van der Waals surface area contributed by atoms with E-state index in [1.165, 1.54) is 0 Å². The molecule has 18 heteroatoms. The van der Waals surface area contributed by atoms with Gasteiger partial charge >= 0.3 is 0 Å².